The predicted molar refractivity (Wildman–Crippen MR) is 124 cm³/mol. The molecule has 9 heteroatoms. The highest BCUT2D eigenvalue weighted by Gasteiger charge is 2.30. The largest absolute Gasteiger partial charge is 0.481 e. The highest BCUT2D eigenvalue weighted by atomic mass is 16.5. The van der Waals surface area contributed by atoms with E-state index in [-0.39, 0.29) is 12.1 Å². The van der Waals surface area contributed by atoms with Crippen molar-refractivity contribution >= 4 is 23.4 Å². The van der Waals surface area contributed by atoms with Gasteiger partial charge in [-0.1, -0.05) is 19.3 Å². The van der Waals surface area contributed by atoms with E-state index in [0.717, 1.165) is 43.4 Å². The van der Waals surface area contributed by atoms with Crippen LogP contribution in [0.25, 0.3) is 11.3 Å². The number of aryl methyl sites for hydroxylation is 1. The zero-order chi connectivity index (χ0) is 22.5. The molecule has 2 amide bonds. The van der Waals surface area contributed by atoms with E-state index in [1.165, 1.54) is 13.4 Å². The minimum atomic E-state index is -0.337. The molecule has 3 heterocycles. The van der Waals surface area contributed by atoms with Crippen LogP contribution in [-0.2, 0) is 0 Å². The number of anilines is 3. The lowest BCUT2D eigenvalue weighted by atomic mass is 9.94. The van der Waals surface area contributed by atoms with Crippen LogP contribution in [0, 0.1) is 6.92 Å². The van der Waals surface area contributed by atoms with Gasteiger partial charge in [-0.2, -0.15) is 0 Å². The fraction of sp³-hybridized carbons (Fsp3) is 0.348. The Kier molecular flexibility index (Phi) is 6.44. The van der Waals surface area contributed by atoms with E-state index in [2.05, 4.69) is 20.3 Å². The van der Waals surface area contributed by atoms with Gasteiger partial charge in [-0.3, -0.25) is 15.2 Å². The number of nitrogens with zero attached hydrogens (tertiary/aromatic N) is 5. The Bertz CT molecular complexity index is 1080. The fourth-order valence-electron chi connectivity index (χ4n) is 3.90. The number of amides is 2. The van der Waals surface area contributed by atoms with Crippen LogP contribution < -0.4 is 20.7 Å². The second kappa shape index (κ2) is 9.59. The summed E-state index contributed by atoms with van der Waals surface area (Å²) < 4.78 is 5.14. The number of urea groups is 1. The van der Waals surface area contributed by atoms with Gasteiger partial charge in [-0.25, -0.2) is 19.7 Å². The molecular formula is C23H27N7O2. The van der Waals surface area contributed by atoms with Gasteiger partial charge in [0.25, 0.3) is 0 Å². The number of hydrogen-bond donors (Lipinski definition) is 2. The number of carbonyl (C=O) groups excluding carboxylic acids is 1. The Morgan fingerprint density at radius 1 is 1.12 bits per heavy atom. The number of nitrogen functional groups attached to an aromatic ring is 1. The van der Waals surface area contributed by atoms with Crippen LogP contribution >= 0.6 is 0 Å². The van der Waals surface area contributed by atoms with E-state index in [4.69, 9.17) is 15.5 Å². The molecule has 1 saturated carbocycles. The van der Waals surface area contributed by atoms with Gasteiger partial charge in [-0.05, 0) is 44.0 Å². The zero-order valence-corrected chi connectivity index (χ0v) is 18.3. The van der Waals surface area contributed by atoms with Crippen molar-refractivity contribution in [1.82, 2.24) is 19.9 Å². The van der Waals surface area contributed by atoms with Gasteiger partial charge >= 0.3 is 6.03 Å². The number of carbonyl (C=O) groups is 1. The van der Waals surface area contributed by atoms with Crippen molar-refractivity contribution in [3.63, 3.8) is 0 Å². The number of aromatic nitrogens is 4. The molecule has 0 radical (unpaired) electrons. The first-order chi connectivity index (χ1) is 15.5. The Hall–Kier alpha value is -3.75. The van der Waals surface area contributed by atoms with E-state index < -0.39 is 0 Å². The third-order valence-corrected chi connectivity index (χ3v) is 5.59. The lowest BCUT2D eigenvalue weighted by Crippen LogP contribution is -2.45. The van der Waals surface area contributed by atoms with Crippen molar-refractivity contribution in [3.05, 3.63) is 48.5 Å². The molecule has 0 unspecified atom stereocenters. The van der Waals surface area contributed by atoms with Gasteiger partial charge in [0.05, 0.1) is 18.5 Å². The van der Waals surface area contributed by atoms with E-state index in [1.807, 2.05) is 25.1 Å². The fourth-order valence-corrected chi connectivity index (χ4v) is 3.90. The summed E-state index contributed by atoms with van der Waals surface area (Å²) in [5.74, 6) is 1.15. The highest BCUT2D eigenvalue weighted by molar-refractivity contribution is 6.03. The quantitative estimate of drug-likeness (QED) is 0.619. The second-order valence-corrected chi connectivity index (χ2v) is 7.84. The minimum absolute atomic E-state index is 0.00586. The van der Waals surface area contributed by atoms with Crippen LogP contribution in [0.1, 0.15) is 37.8 Å². The first-order valence-electron chi connectivity index (χ1n) is 10.7. The smallest absolute Gasteiger partial charge is 0.328 e. The number of nitrogens with two attached hydrogens (primary N) is 1. The van der Waals surface area contributed by atoms with Gasteiger partial charge in [-0.15, -0.1) is 0 Å². The molecule has 0 bridgehead atoms. The molecule has 0 aliphatic heterocycles. The zero-order valence-electron chi connectivity index (χ0n) is 18.3. The summed E-state index contributed by atoms with van der Waals surface area (Å²) in [5.41, 5.74) is 9.26. The maximum Gasteiger partial charge on any atom is 0.328 e. The number of pyridine rings is 2. The molecule has 32 heavy (non-hydrogen) atoms. The van der Waals surface area contributed by atoms with Crippen molar-refractivity contribution in [2.24, 2.45) is 0 Å². The van der Waals surface area contributed by atoms with Crippen LogP contribution in [0.4, 0.5) is 22.1 Å². The van der Waals surface area contributed by atoms with Crippen LogP contribution in [0.5, 0.6) is 5.88 Å². The molecule has 1 fully saturated rings. The molecule has 1 aliphatic rings. The molecule has 0 aromatic carbocycles. The Morgan fingerprint density at radius 3 is 2.66 bits per heavy atom. The van der Waals surface area contributed by atoms with Crippen LogP contribution in [0.2, 0.25) is 0 Å². The molecule has 166 valence electrons. The topological polar surface area (TPSA) is 119 Å². The first kappa shape index (κ1) is 21.5. The molecule has 3 aromatic rings. The standard InChI is InChI=1S/C23H27N7O2/c1-15-8-9-16(13-25-15)19-11-10-18(24)22(28-19)30(17-6-4-3-5-7-17)23(31)29-20-12-21(32-2)27-14-26-20/h8-14,17H,3-7,24H2,1-2H3,(H,26,27,29,31). The summed E-state index contributed by atoms with van der Waals surface area (Å²) in [6, 6.07) is 8.75. The van der Waals surface area contributed by atoms with Gasteiger partial charge in [0.1, 0.15) is 12.1 Å². The average Bonchev–Trinajstić information content (AvgIpc) is 2.82. The molecule has 0 spiro atoms. The average molecular weight is 434 g/mol. The normalized spacial score (nSPS) is 14.1. The number of nitrogens with one attached hydrogen (secondary N) is 1. The van der Waals surface area contributed by atoms with Gasteiger partial charge in [0.2, 0.25) is 5.88 Å². The molecule has 0 atom stereocenters. The number of methoxy groups -OCH3 is 1. The Labute approximate surface area is 187 Å². The summed E-state index contributed by atoms with van der Waals surface area (Å²) in [6.45, 7) is 1.93. The monoisotopic (exact) mass is 433 g/mol. The van der Waals surface area contributed by atoms with Crippen LogP contribution in [0.15, 0.2) is 42.9 Å². The molecule has 3 aromatic heterocycles. The van der Waals surface area contributed by atoms with Crippen LogP contribution in [0.3, 0.4) is 0 Å². The van der Waals surface area contributed by atoms with E-state index in [0.29, 0.717) is 28.9 Å². The van der Waals surface area contributed by atoms with E-state index in [9.17, 15) is 4.79 Å². The van der Waals surface area contributed by atoms with Crippen molar-refractivity contribution in [1.29, 1.82) is 0 Å². The van der Waals surface area contributed by atoms with Gasteiger partial charge < -0.3 is 10.5 Å². The maximum absolute atomic E-state index is 13.5. The number of ether oxygens (including phenoxy) is 1. The van der Waals surface area contributed by atoms with Crippen molar-refractivity contribution in [2.45, 2.75) is 45.1 Å². The SMILES string of the molecule is COc1cc(NC(=O)N(c2nc(-c3ccc(C)nc3)ccc2N)C2CCCCC2)ncn1. The summed E-state index contributed by atoms with van der Waals surface area (Å²) in [4.78, 5) is 32.4. The van der Waals surface area contributed by atoms with Crippen LogP contribution in [-0.4, -0.2) is 39.1 Å². The molecule has 1 aliphatic carbocycles. The molecule has 9 nitrogen and oxygen atoms in total. The maximum atomic E-state index is 13.5. The van der Waals surface area contributed by atoms with E-state index >= 15 is 0 Å². The molecule has 0 saturated heterocycles. The third-order valence-electron chi connectivity index (χ3n) is 5.59. The van der Waals surface area contributed by atoms with Gasteiger partial charge in [0.15, 0.2) is 5.82 Å². The second-order valence-electron chi connectivity index (χ2n) is 7.84. The summed E-state index contributed by atoms with van der Waals surface area (Å²) in [5, 5.41) is 2.85. The van der Waals surface area contributed by atoms with Crippen molar-refractivity contribution in [2.75, 3.05) is 23.1 Å². The van der Waals surface area contributed by atoms with Crippen molar-refractivity contribution < 1.29 is 9.53 Å². The third kappa shape index (κ3) is 4.77. The van der Waals surface area contributed by atoms with E-state index in [1.54, 1.807) is 23.2 Å². The Balaban J connectivity index is 1.70. The predicted octanol–water partition coefficient (Wildman–Crippen LogP) is 4.20. The summed E-state index contributed by atoms with van der Waals surface area (Å²) in [6.07, 6.45) is 8.16. The molecule has 4 rings (SSSR count). The Morgan fingerprint density at radius 2 is 1.94 bits per heavy atom. The number of rotatable bonds is 5. The lowest BCUT2D eigenvalue weighted by Gasteiger charge is -2.34. The van der Waals surface area contributed by atoms with Gasteiger partial charge in [0, 0.05) is 29.6 Å². The highest BCUT2D eigenvalue weighted by Crippen LogP contribution is 2.32. The molecule has 3 N–H and O–H groups in total. The number of hydrogen-bond acceptors (Lipinski definition) is 7. The minimum Gasteiger partial charge on any atom is -0.481 e. The first-order valence-corrected chi connectivity index (χ1v) is 10.7. The summed E-state index contributed by atoms with van der Waals surface area (Å²) >= 11 is 0. The lowest BCUT2D eigenvalue weighted by molar-refractivity contribution is 0.252. The molecular weight excluding hydrogens is 406 g/mol. The van der Waals surface area contributed by atoms with Crippen molar-refractivity contribution in [3.8, 4) is 17.1 Å². The summed E-state index contributed by atoms with van der Waals surface area (Å²) in [7, 11) is 1.51.